The van der Waals surface area contributed by atoms with Gasteiger partial charge in [-0.2, -0.15) is 0 Å². The number of furan rings is 1. The number of halogens is 2. The van der Waals surface area contributed by atoms with Crippen LogP contribution in [0, 0.1) is 0 Å². The number of carbonyl (C=O) groups excluding carboxylic acids is 1. The molecule has 0 aliphatic carbocycles. The average molecular weight is 415 g/mol. The summed E-state index contributed by atoms with van der Waals surface area (Å²) in [5.41, 5.74) is 2.57. The average Bonchev–Trinajstić information content (AvgIpc) is 3.21. The molecule has 28 heavy (non-hydrogen) atoms. The molecular weight excluding hydrogens is 395 g/mol. The van der Waals surface area contributed by atoms with Crippen molar-refractivity contribution in [2.24, 2.45) is 0 Å². The molecule has 1 aliphatic heterocycles. The molecule has 3 aromatic rings. The Bertz CT molecular complexity index is 976. The largest absolute Gasteiger partial charge is 0.451 e. The Morgan fingerprint density at radius 2 is 1.68 bits per heavy atom. The summed E-state index contributed by atoms with van der Waals surface area (Å²) in [6, 6.07) is 16.4. The summed E-state index contributed by atoms with van der Waals surface area (Å²) in [6.45, 7) is 2.18. The first kappa shape index (κ1) is 18.9. The minimum absolute atomic E-state index is 0.214. The second-order valence-corrected chi connectivity index (χ2v) is 7.68. The minimum atomic E-state index is -0.310. The van der Waals surface area contributed by atoms with Crippen molar-refractivity contribution in [3.8, 4) is 11.3 Å². The number of piperidine rings is 1. The van der Waals surface area contributed by atoms with Crippen molar-refractivity contribution in [1.29, 1.82) is 0 Å². The van der Waals surface area contributed by atoms with Crippen LogP contribution in [0.5, 0.6) is 0 Å². The van der Waals surface area contributed by atoms with Gasteiger partial charge in [0, 0.05) is 35.1 Å². The zero-order chi connectivity index (χ0) is 19.5. The third kappa shape index (κ3) is 4.18. The smallest absolute Gasteiger partial charge is 0.291 e. The van der Waals surface area contributed by atoms with Gasteiger partial charge in [0.05, 0.1) is 5.02 Å². The Labute approximate surface area is 174 Å². The number of benzene rings is 2. The van der Waals surface area contributed by atoms with Crippen molar-refractivity contribution in [3.63, 3.8) is 0 Å². The molecule has 1 fully saturated rings. The first-order valence-electron chi connectivity index (χ1n) is 9.32. The molecule has 6 heteroatoms. The standard InChI is InChI=1S/C22H20Cl2N2O2/c23-15-4-9-19(24)18(14-15)20-10-11-21(28-20)22(27)25-16-5-7-17(8-6-16)26-12-2-1-3-13-26/h4-11,14H,1-3,12-13H2,(H,25,27). The van der Waals surface area contributed by atoms with Crippen LogP contribution in [0.3, 0.4) is 0 Å². The van der Waals surface area contributed by atoms with Gasteiger partial charge in [0.2, 0.25) is 0 Å². The van der Waals surface area contributed by atoms with Crippen LogP contribution < -0.4 is 10.2 Å². The van der Waals surface area contributed by atoms with Crippen LogP contribution in [0.2, 0.25) is 10.0 Å². The summed E-state index contributed by atoms with van der Waals surface area (Å²) in [4.78, 5) is 14.9. The molecule has 4 nitrogen and oxygen atoms in total. The molecule has 1 N–H and O–H groups in total. The first-order chi connectivity index (χ1) is 13.6. The highest BCUT2D eigenvalue weighted by atomic mass is 35.5. The summed E-state index contributed by atoms with van der Waals surface area (Å²) in [5, 5.41) is 3.93. The van der Waals surface area contributed by atoms with E-state index in [1.165, 1.54) is 24.9 Å². The number of nitrogens with zero attached hydrogens (tertiary/aromatic N) is 1. The van der Waals surface area contributed by atoms with Gasteiger partial charge >= 0.3 is 0 Å². The summed E-state index contributed by atoms with van der Waals surface area (Å²) in [7, 11) is 0. The molecule has 0 radical (unpaired) electrons. The minimum Gasteiger partial charge on any atom is -0.451 e. The number of rotatable bonds is 4. The molecule has 0 saturated carbocycles. The van der Waals surface area contributed by atoms with Gasteiger partial charge in [0.25, 0.3) is 5.91 Å². The van der Waals surface area contributed by atoms with E-state index in [-0.39, 0.29) is 11.7 Å². The summed E-state index contributed by atoms with van der Waals surface area (Å²) < 4.78 is 5.70. The van der Waals surface area contributed by atoms with Crippen LogP contribution in [0.1, 0.15) is 29.8 Å². The molecule has 0 atom stereocenters. The zero-order valence-corrected chi connectivity index (χ0v) is 16.8. The molecule has 1 amide bonds. The maximum atomic E-state index is 12.5. The number of carbonyl (C=O) groups is 1. The summed E-state index contributed by atoms with van der Waals surface area (Å²) >= 11 is 12.2. The van der Waals surface area contributed by atoms with Crippen molar-refractivity contribution in [2.45, 2.75) is 19.3 Å². The molecular formula is C22H20Cl2N2O2. The lowest BCUT2D eigenvalue weighted by Crippen LogP contribution is -2.29. The fraction of sp³-hybridized carbons (Fsp3) is 0.227. The highest BCUT2D eigenvalue weighted by Crippen LogP contribution is 2.32. The van der Waals surface area contributed by atoms with Crippen molar-refractivity contribution in [2.75, 3.05) is 23.3 Å². The number of hydrogen-bond donors (Lipinski definition) is 1. The van der Waals surface area contributed by atoms with Crippen LogP contribution in [-0.4, -0.2) is 19.0 Å². The van der Waals surface area contributed by atoms with E-state index in [0.29, 0.717) is 21.4 Å². The van der Waals surface area contributed by atoms with Gasteiger partial charge < -0.3 is 14.6 Å². The number of hydrogen-bond acceptors (Lipinski definition) is 3. The van der Waals surface area contributed by atoms with Crippen LogP contribution in [0.25, 0.3) is 11.3 Å². The van der Waals surface area contributed by atoms with Gasteiger partial charge in [-0.1, -0.05) is 23.2 Å². The van der Waals surface area contributed by atoms with Gasteiger partial charge in [-0.25, -0.2) is 0 Å². The Morgan fingerprint density at radius 1 is 0.929 bits per heavy atom. The van der Waals surface area contributed by atoms with Crippen molar-refractivity contribution in [3.05, 3.63) is 70.4 Å². The molecule has 0 unspecified atom stereocenters. The number of anilines is 2. The van der Waals surface area contributed by atoms with E-state index in [2.05, 4.69) is 10.2 Å². The van der Waals surface area contributed by atoms with E-state index >= 15 is 0 Å². The molecule has 2 aromatic carbocycles. The van der Waals surface area contributed by atoms with E-state index in [4.69, 9.17) is 27.6 Å². The Morgan fingerprint density at radius 3 is 2.43 bits per heavy atom. The highest BCUT2D eigenvalue weighted by Gasteiger charge is 2.15. The molecule has 1 saturated heterocycles. The third-order valence-electron chi connectivity index (χ3n) is 4.87. The lowest BCUT2D eigenvalue weighted by atomic mass is 10.1. The molecule has 1 aromatic heterocycles. The van der Waals surface area contributed by atoms with Crippen molar-refractivity contribution >= 4 is 40.5 Å². The topological polar surface area (TPSA) is 45.5 Å². The van der Waals surface area contributed by atoms with E-state index in [1.807, 2.05) is 24.3 Å². The van der Waals surface area contributed by atoms with E-state index < -0.39 is 0 Å². The van der Waals surface area contributed by atoms with Crippen LogP contribution in [0.4, 0.5) is 11.4 Å². The van der Waals surface area contributed by atoms with Crippen LogP contribution >= 0.6 is 23.2 Å². The highest BCUT2D eigenvalue weighted by molar-refractivity contribution is 6.35. The zero-order valence-electron chi connectivity index (χ0n) is 15.3. The van der Waals surface area contributed by atoms with Crippen LogP contribution in [0.15, 0.2) is 59.0 Å². The SMILES string of the molecule is O=C(Nc1ccc(N2CCCCC2)cc1)c1ccc(-c2cc(Cl)ccc2Cl)o1. The number of nitrogens with one attached hydrogen (secondary N) is 1. The summed E-state index contributed by atoms with van der Waals surface area (Å²) in [5.74, 6) is 0.402. The van der Waals surface area contributed by atoms with E-state index in [9.17, 15) is 4.79 Å². The molecule has 4 rings (SSSR count). The molecule has 0 spiro atoms. The fourth-order valence-electron chi connectivity index (χ4n) is 3.39. The lowest BCUT2D eigenvalue weighted by molar-refractivity contribution is 0.0997. The third-order valence-corrected chi connectivity index (χ3v) is 5.43. The summed E-state index contributed by atoms with van der Waals surface area (Å²) in [6.07, 6.45) is 3.77. The van der Waals surface area contributed by atoms with Crippen LogP contribution in [-0.2, 0) is 0 Å². The fourth-order valence-corrected chi connectivity index (χ4v) is 3.77. The van der Waals surface area contributed by atoms with E-state index in [0.717, 1.165) is 18.8 Å². The Balaban J connectivity index is 1.45. The van der Waals surface area contributed by atoms with Gasteiger partial charge in [0.1, 0.15) is 5.76 Å². The Kier molecular flexibility index (Phi) is 5.60. The maximum Gasteiger partial charge on any atom is 0.291 e. The second-order valence-electron chi connectivity index (χ2n) is 6.84. The predicted molar refractivity (Wildman–Crippen MR) is 115 cm³/mol. The molecule has 0 bridgehead atoms. The predicted octanol–water partition coefficient (Wildman–Crippen LogP) is 6.50. The lowest BCUT2D eigenvalue weighted by Gasteiger charge is -2.28. The van der Waals surface area contributed by atoms with Gasteiger partial charge in [0.15, 0.2) is 5.76 Å². The molecule has 2 heterocycles. The first-order valence-corrected chi connectivity index (χ1v) is 10.1. The molecule has 144 valence electrons. The van der Waals surface area contributed by atoms with Crippen molar-refractivity contribution < 1.29 is 9.21 Å². The van der Waals surface area contributed by atoms with Crippen molar-refractivity contribution in [1.82, 2.24) is 0 Å². The van der Waals surface area contributed by atoms with Gasteiger partial charge in [-0.05, 0) is 73.9 Å². The van der Waals surface area contributed by atoms with E-state index in [1.54, 1.807) is 30.3 Å². The quantitative estimate of drug-likeness (QED) is 0.529. The maximum absolute atomic E-state index is 12.5. The Hall–Kier alpha value is -2.43. The molecule has 1 aliphatic rings. The second kappa shape index (κ2) is 8.29. The van der Waals surface area contributed by atoms with Gasteiger partial charge in [-0.3, -0.25) is 4.79 Å². The van der Waals surface area contributed by atoms with Gasteiger partial charge in [-0.15, -0.1) is 0 Å². The monoisotopic (exact) mass is 414 g/mol. The number of amides is 1. The normalized spacial score (nSPS) is 14.1.